The Morgan fingerprint density at radius 2 is 1.40 bits per heavy atom. The van der Waals surface area contributed by atoms with E-state index >= 15 is 0 Å². The van der Waals surface area contributed by atoms with Crippen molar-refractivity contribution in [3.8, 4) is 0 Å². The first-order chi connectivity index (χ1) is 20.4. The van der Waals surface area contributed by atoms with Gasteiger partial charge < -0.3 is 15.5 Å². The number of carbonyl (C=O) groups excluding carboxylic acids is 3. The zero-order valence-corrected chi connectivity index (χ0v) is 24.7. The van der Waals surface area contributed by atoms with Crippen molar-refractivity contribution in [3.63, 3.8) is 0 Å². The van der Waals surface area contributed by atoms with E-state index in [-0.39, 0.29) is 33.7 Å². The number of carboxylic acid groups (broad SMARTS) is 1. The van der Waals surface area contributed by atoms with Gasteiger partial charge in [-0.25, -0.2) is 4.79 Å². The molecule has 1 aliphatic carbocycles. The monoisotopic (exact) mass is 579 g/mol. The molecule has 3 aromatic rings. The average molecular weight is 580 g/mol. The minimum Gasteiger partial charge on any atom is -0.479 e. The van der Waals surface area contributed by atoms with Crippen molar-refractivity contribution >= 4 is 34.6 Å². The Bertz CT molecular complexity index is 1560. The summed E-state index contributed by atoms with van der Waals surface area (Å²) in [4.78, 5) is 50.4. The minimum absolute atomic E-state index is 0.0623. The maximum absolute atomic E-state index is 13.8. The molecule has 0 aliphatic heterocycles. The molecule has 3 N–H and O–H groups in total. The van der Waals surface area contributed by atoms with Crippen LogP contribution < -0.4 is 5.32 Å². The van der Waals surface area contributed by atoms with Crippen molar-refractivity contribution in [1.29, 1.82) is 0 Å². The highest BCUT2D eigenvalue weighted by molar-refractivity contribution is 6.32. The third kappa shape index (κ3) is 8.02. The van der Waals surface area contributed by atoms with Crippen molar-refractivity contribution in [2.24, 2.45) is 0 Å². The van der Waals surface area contributed by atoms with Crippen molar-refractivity contribution in [1.82, 2.24) is 5.32 Å². The first-order valence-corrected chi connectivity index (χ1v) is 14.4. The summed E-state index contributed by atoms with van der Waals surface area (Å²) in [5, 5.41) is 20.6. The second-order valence-corrected chi connectivity index (χ2v) is 11.8. The van der Waals surface area contributed by atoms with E-state index in [4.69, 9.17) is 5.11 Å². The Morgan fingerprint density at radius 3 is 1.95 bits per heavy atom. The summed E-state index contributed by atoms with van der Waals surface area (Å²) < 4.78 is 0. The fraction of sp³-hybridized carbons (Fsp3) is 0.278. The van der Waals surface area contributed by atoms with E-state index in [1.165, 1.54) is 42.3 Å². The molecule has 1 amide bonds. The van der Waals surface area contributed by atoms with Gasteiger partial charge in [-0.3, -0.25) is 14.4 Å². The predicted molar refractivity (Wildman–Crippen MR) is 167 cm³/mol. The third-order valence-corrected chi connectivity index (χ3v) is 7.56. The summed E-state index contributed by atoms with van der Waals surface area (Å²) in [5.41, 5.74) is 5.20. The number of Topliss-reactive ketones (excluding diaryl/α,β-unsaturated/α-hetero) is 1. The zero-order valence-electron chi connectivity index (χ0n) is 24.7. The molecule has 0 fully saturated rings. The SMILES string of the molecule is CC(C)(C)c1ccc(C(=O)/C=C(/C(=O)c2ccc(C(=O)NCC(O)C(=O)O)cc2)c2ccc(C3=CCCCC3)cc2)cc1. The molecule has 43 heavy (non-hydrogen) atoms. The molecule has 0 saturated heterocycles. The van der Waals surface area contributed by atoms with Crippen LogP contribution in [0.15, 0.2) is 84.9 Å². The summed E-state index contributed by atoms with van der Waals surface area (Å²) >= 11 is 0. The lowest BCUT2D eigenvalue weighted by Crippen LogP contribution is -2.36. The second-order valence-electron chi connectivity index (χ2n) is 11.8. The van der Waals surface area contributed by atoms with Crippen molar-refractivity contribution < 1.29 is 29.4 Å². The highest BCUT2D eigenvalue weighted by Crippen LogP contribution is 2.29. The highest BCUT2D eigenvalue weighted by Gasteiger charge is 2.20. The second kappa shape index (κ2) is 13.6. The number of aliphatic hydroxyl groups excluding tert-OH is 1. The molecule has 0 heterocycles. The van der Waals surface area contributed by atoms with Gasteiger partial charge in [0.05, 0.1) is 6.54 Å². The van der Waals surface area contributed by atoms with Gasteiger partial charge in [0.1, 0.15) is 0 Å². The van der Waals surface area contributed by atoms with Gasteiger partial charge >= 0.3 is 5.97 Å². The zero-order chi connectivity index (χ0) is 31.1. The topological polar surface area (TPSA) is 121 Å². The predicted octanol–water partition coefficient (Wildman–Crippen LogP) is 6.27. The van der Waals surface area contributed by atoms with E-state index in [1.54, 1.807) is 12.1 Å². The molecule has 222 valence electrons. The molecule has 4 rings (SSSR count). The lowest BCUT2D eigenvalue weighted by molar-refractivity contribution is -0.146. The molecular weight excluding hydrogens is 542 g/mol. The van der Waals surface area contributed by atoms with Crippen LogP contribution in [0.2, 0.25) is 0 Å². The summed E-state index contributed by atoms with van der Waals surface area (Å²) in [7, 11) is 0. The molecule has 0 bridgehead atoms. The lowest BCUT2D eigenvalue weighted by Gasteiger charge is -2.18. The number of benzene rings is 3. The number of aliphatic hydroxyl groups is 1. The first-order valence-electron chi connectivity index (χ1n) is 14.4. The van der Waals surface area contributed by atoms with Gasteiger partial charge in [-0.05, 0) is 71.6 Å². The van der Waals surface area contributed by atoms with Crippen LogP contribution in [0.5, 0.6) is 0 Å². The van der Waals surface area contributed by atoms with Crippen LogP contribution >= 0.6 is 0 Å². The van der Waals surface area contributed by atoms with E-state index in [9.17, 15) is 24.3 Å². The minimum atomic E-state index is -1.72. The summed E-state index contributed by atoms with van der Waals surface area (Å²) in [6.07, 6.45) is 6.31. The van der Waals surface area contributed by atoms with Crippen LogP contribution in [0.1, 0.15) is 94.2 Å². The number of rotatable bonds is 10. The number of ketones is 2. The molecule has 0 aromatic heterocycles. The quantitative estimate of drug-likeness (QED) is 0.192. The van der Waals surface area contributed by atoms with Crippen LogP contribution in [0.4, 0.5) is 0 Å². The molecule has 1 atom stereocenters. The molecule has 3 aromatic carbocycles. The third-order valence-electron chi connectivity index (χ3n) is 7.56. The van der Waals surface area contributed by atoms with Gasteiger partial charge in [0, 0.05) is 22.3 Å². The van der Waals surface area contributed by atoms with Gasteiger partial charge in [-0.15, -0.1) is 0 Å². The Morgan fingerprint density at radius 1 is 0.814 bits per heavy atom. The molecular formula is C36H37NO6. The van der Waals surface area contributed by atoms with E-state index in [2.05, 4.69) is 32.2 Å². The van der Waals surface area contributed by atoms with E-state index in [0.717, 1.165) is 30.4 Å². The van der Waals surface area contributed by atoms with Gasteiger partial charge in [-0.2, -0.15) is 0 Å². The van der Waals surface area contributed by atoms with Gasteiger partial charge in [-0.1, -0.05) is 87.5 Å². The number of hydrogen-bond acceptors (Lipinski definition) is 5. The standard InChI is InChI=1S/C36H37NO6/c1-36(2,3)29-19-17-26(18-20-29)31(38)21-30(25-11-9-24(10-12-25)23-7-5-4-6-8-23)33(40)27-13-15-28(16-14-27)34(41)37-22-32(39)35(42)43/h7,9-21,32,39H,4-6,8,22H2,1-3H3,(H,37,41)(H,42,43)/b30-21+. The maximum atomic E-state index is 13.8. The smallest absolute Gasteiger partial charge is 0.334 e. The van der Waals surface area contributed by atoms with E-state index < -0.39 is 24.5 Å². The number of hydrogen-bond donors (Lipinski definition) is 3. The molecule has 0 radical (unpaired) electrons. The van der Waals surface area contributed by atoms with Crippen molar-refractivity contribution in [2.75, 3.05) is 6.54 Å². The number of carboxylic acids is 1. The molecule has 0 spiro atoms. The van der Waals surface area contributed by atoms with E-state index in [0.29, 0.717) is 11.1 Å². The Labute approximate surface area is 252 Å². The summed E-state index contributed by atoms with van der Waals surface area (Å²) in [6.45, 7) is 5.85. The molecule has 0 saturated carbocycles. The van der Waals surface area contributed by atoms with Crippen molar-refractivity contribution in [3.05, 3.63) is 118 Å². The average Bonchev–Trinajstić information content (AvgIpc) is 3.02. The number of nitrogens with one attached hydrogen (secondary N) is 1. The first kappa shape index (κ1) is 31.3. The maximum Gasteiger partial charge on any atom is 0.334 e. The summed E-state index contributed by atoms with van der Waals surface area (Å²) in [6, 6.07) is 20.9. The van der Waals surface area contributed by atoms with Crippen LogP contribution in [0, 0.1) is 0 Å². The number of aliphatic carboxylic acids is 1. The summed E-state index contributed by atoms with van der Waals surface area (Å²) in [5.74, 6) is -2.70. The van der Waals surface area contributed by atoms with E-state index in [1.807, 2.05) is 36.4 Å². The normalized spacial score (nSPS) is 14.4. The van der Waals surface area contributed by atoms with Gasteiger partial charge in [0.2, 0.25) is 0 Å². The number of carbonyl (C=O) groups is 4. The fourth-order valence-corrected chi connectivity index (χ4v) is 4.90. The van der Waals surface area contributed by atoms with Crippen LogP contribution in [-0.2, 0) is 10.2 Å². The largest absolute Gasteiger partial charge is 0.479 e. The Kier molecular flexibility index (Phi) is 9.88. The fourth-order valence-electron chi connectivity index (χ4n) is 4.90. The molecule has 1 unspecified atom stereocenters. The molecule has 1 aliphatic rings. The van der Waals surface area contributed by atoms with Crippen LogP contribution in [-0.4, -0.2) is 46.3 Å². The Balaban J connectivity index is 1.63. The Hall–Kier alpha value is -4.62. The lowest BCUT2D eigenvalue weighted by atomic mass is 9.86. The van der Waals surface area contributed by atoms with Crippen LogP contribution in [0.3, 0.4) is 0 Å². The van der Waals surface area contributed by atoms with Gasteiger partial charge in [0.15, 0.2) is 17.7 Å². The molecule has 7 nitrogen and oxygen atoms in total. The number of amides is 1. The molecule has 7 heteroatoms. The number of allylic oxidation sites excluding steroid dienone is 4. The van der Waals surface area contributed by atoms with Crippen LogP contribution in [0.25, 0.3) is 11.1 Å². The van der Waals surface area contributed by atoms with Gasteiger partial charge in [0.25, 0.3) is 5.91 Å². The van der Waals surface area contributed by atoms with Crippen molar-refractivity contribution in [2.45, 2.75) is 58.0 Å². The highest BCUT2D eigenvalue weighted by atomic mass is 16.4.